The van der Waals surface area contributed by atoms with Crippen molar-refractivity contribution in [3.63, 3.8) is 0 Å². The third-order valence-corrected chi connectivity index (χ3v) is 3.83. The van der Waals surface area contributed by atoms with Gasteiger partial charge in [-0.05, 0) is 38.3 Å². The highest BCUT2D eigenvalue weighted by atomic mass is 35.5. The highest BCUT2D eigenvalue weighted by Crippen LogP contribution is 2.35. The van der Waals surface area contributed by atoms with Crippen LogP contribution in [0.2, 0.25) is 5.02 Å². The molecule has 1 N–H and O–H groups in total. The van der Waals surface area contributed by atoms with Crippen LogP contribution in [0.1, 0.15) is 13.8 Å². The summed E-state index contributed by atoms with van der Waals surface area (Å²) in [5.74, 6) is 0.255. The zero-order valence-electron chi connectivity index (χ0n) is 12.1. The maximum absolute atomic E-state index is 12.4. The molecule has 2 rings (SSSR count). The Labute approximate surface area is 133 Å². The topological polar surface area (TPSA) is 58.6 Å². The standard InChI is InChI=1S/C14H17ClN2O3S/c1-8(2)20-14(19)17-11-6-9(15)4-5-10(11)16-13(18)12(17)7-21-3/h4-6,8,12H,7H2,1-3H3,(H,16,18)/t12-/m0/s1. The summed E-state index contributed by atoms with van der Waals surface area (Å²) in [6.07, 6.45) is 1.08. The Balaban J connectivity index is 2.45. The SMILES string of the molecule is CSC[C@H]1C(=O)Nc2ccc(Cl)cc2N1C(=O)OC(C)C. The summed E-state index contributed by atoms with van der Waals surface area (Å²) in [6, 6.07) is 4.39. The number of ether oxygens (including phenoxy) is 1. The van der Waals surface area contributed by atoms with E-state index < -0.39 is 12.1 Å². The van der Waals surface area contributed by atoms with E-state index in [9.17, 15) is 9.59 Å². The predicted octanol–water partition coefficient (Wildman–Crippen LogP) is 3.38. The van der Waals surface area contributed by atoms with Crippen molar-refractivity contribution < 1.29 is 14.3 Å². The molecule has 1 heterocycles. The zero-order chi connectivity index (χ0) is 15.6. The van der Waals surface area contributed by atoms with Crippen molar-refractivity contribution in [2.24, 2.45) is 0 Å². The lowest BCUT2D eigenvalue weighted by Crippen LogP contribution is -2.53. The van der Waals surface area contributed by atoms with Gasteiger partial charge in [0.1, 0.15) is 6.04 Å². The van der Waals surface area contributed by atoms with Crippen LogP contribution < -0.4 is 10.2 Å². The molecule has 7 heteroatoms. The van der Waals surface area contributed by atoms with E-state index in [1.165, 1.54) is 16.7 Å². The van der Waals surface area contributed by atoms with E-state index in [2.05, 4.69) is 5.32 Å². The summed E-state index contributed by atoms with van der Waals surface area (Å²) in [6.45, 7) is 3.54. The molecule has 0 bridgehead atoms. The van der Waals surface area contributed by atoms with Gasteiger partial charge >= 0.3 is 6.09 Å². The van der Waals surface area contributed by atoms with Crippen LogP contribution in [0.25, 0.3) is 0 Å². The minimum absolute atomic E-state index is 0.222. The van der Waals surface area contributed by atoms with Gasteiger partial charge in [0.15, 0.2) is 0 Å². The number of fused-ring (bicyclic) bond motifs is 1. The molecule has 0 radical (unpaired) electrons. The number of carbonyl (C=O) groups is 2. The second-order valence-corrected chi connectivity index (χ2v) is 6.27. The quantitative estimate of drug-likeness (QED) is 0.924. The first kappa shape index (κ1) is 16.0. The molecule has 1 aliphatic heterocycles. The number of rotatable bonds is 3. The van der Waals surface area contributed by atoms with Crippen molar-refractivity contribution in [2.45, 2.75) is 26.0 Å². The summed E-state index contributed by atoms with van der Waals surface area (Å²) in [4.78, 5) is 26.0. The number of nitrogens with one attached hydrogen (secondary N) is 1. The van der Waals surface area contributed by atoms with Gasteiger partial charge in [-0.3, -0.25) is 9.69 Å². The fourth-order valence-electron chi connectivity index (χ4n) is 2.10. The molecule has 1 aromatic carbocycles. The zero-order valence-corrected chi connectivity index (χ0v) is 13.6. The number of hydrogen-bond donors (Lipinski definition) is 1. The lowest BCUT2D eigenvalue weighted by atomic mass is 10.1. The Morgan fingerprint density at radius 3 is 2.86 bits per heavy atom. The lowest BCUT2D eigenvalue weighted by molar-refractivity contribution is -0.117. The van der Waals surface area contributed by atoms with Gasteiger partial charge < -0.3 is 10.1 Å². The van der Waals surface area contributed by atoms with Gasteiger partial charge in [0.05, 0.1) is 17.5 Å². The Kier molecular flexibility index (Phi) is 5.00. The van der Waals surface area contributed by atoms with Crippen LogP contribution in [0.4, 0.5) is 16.2 Å². The molecule has 2 amide bonds. The Morgan fingerprint density at radius 1 is 1.52 bits per heavy atom. The molecule has 0 aliphatic carbocycles. The smallest absolute Gasteiger partial charge is 0.415 e. The van der Waals surface area contributed by atoms with Crippen molar-refractivity contribution in [3.8, 4) is 0 Å². The highest BCUT2D eigenvalue weighted by molar-refractivity contribution is 7.98. The first-order valence-corrected chi connectivity index (χ1v) is 8.30. The second kappa shape index (κ2) is 6.58. The number of halogens is 1. The van der Waals surface area contributed by atoms with E-state index in [4.69, 9.17) is 16.3 Å². The summed E-state index contributed by atoms with van der Waals surface area (Å²) in [5, 5.41) is 3.30. The number of benzene rings is 1. The van der Waals surface area contributed by atoms with Gasteiger partial charge in [-0.15, -0.1) is 0 Å². The molecular formula is C14H17ClN2O3S. The summed E-state index contributed by atoms with van der Waals surface area (Å²) >= 11 is 7.50. The van der Waals surface area contributed by atoms with Crippen molar-refractivity contribution in [2.75, 3.05) is 22.2 Å². The van der Waals surface area contributed by atoms with Crippen molar-refractivity contribution in [3.05, 3.63) is 23.2 Å². The molecule has 0 fully saturated rings. The van der Waals surface area contributed by atoms with Gasteiger partial charge in [0.2, 0.25) is 5.91 Å². The molecule has 1 aliphatic rings. The van der Waals surface area contributed by atoms with E-state index in [0.29, 0.717) is 22.2 Å². The summed E-state index contributed by atoms with van der Waals surface area (Å²) in [7, 11) is 0. The van der Waals surface area contributed by atoms with Gasteiger partial charge in [-0.25, -0.2) is 4.79 Å². The van der Waals surface area contributed by atoms with Crippen molar-refractivity contribution in [1.82, 2.24) is 0 Å². The molecule has 1 atom stereocenters. The number of nitrogens with zero attached hydrogens (tertiary/aromatic N) is 1. The third-order valence-electron chi connectivity index (χ3n) is 2.95. The molecule has 5 nitrogen and oxygen atoms in total. The first-order chi connectivity index (χ1) is 9.93. The predicted molar refractivity (Wildman–Crippen MR) is 86.3 cm³/mol. The van der Waals surface area contributed by atoms with E-state index >= 15 is 0 Å². The molecule has 1 aromatic rings. The van der Waals surface area contributed by atoms with E-state index in [1.807, 2.05) is 6.26 Å². The van der Waals surface area contributed by atoms with E-state index in [-0.39, 0.29) is 12.0 Å². The van der Waals surface area contributed by atoms with Gasteiger partial charge in [0.25, 0.3) is 0 Å². The van der Waals surface area contributed by atoms with Crippen LogP contribution in [0.15, 0.2) is 18.2 Å². The number of thioether (sulfide) groups is 1. The van der Waals surface area contributed by atoms with Crippen LogP contribution in [0.5, 0.6) is 0 Å². The van der Waals surface area contributed by atoms with E-state index in [0.717, 1.165) is 0 Å². The van der Waals surface area contributed by atoms with Crippen LogP contribution in [-0.2, 0) is 9.53 Å². The summed E-state index contributed by atoms with van der Waals surface area (Å²) < 4.78 is 5.27. The van der Waals surface area contributed by atoms with Crippen LogP contribution >= 0.6 is 23.4 Å². The second-order valence-electron chi connectivity index (χ2n) is 4.92. The average Bonchev–Trinajstić information content (AvgIpc) is 2.39. The molecule has 21 heavy (non-hydrogen) atoms. The summed E-state index contributed by atoms with van der Waals surface area (Å²) in [5.41, 5.74) is 1.12. The maximum atomic E-state index is 12.4. The molecule has 0 saturated heterocycles. The Morgan fingerprint density at radius 2 is 2.24 bits per heavy atom. The highest BCUT2D eigenvalue weighted by Gasteiger charge is 2.38. The maximum Gasteiger partial charge on any atom is 0.415 e. The van der Waals surface area contributed by atoms with Crippen LogP contribution in [-0.4, -0.2) is 36.2 Å². The fourth-order valence-corrected chi connectivity index (χ4v) is 2.89. The fraction of sp³-hybridized carbons (Fsp3) is 0.429. The minimum atomic E-state index is -0.614. The minimum Gasteiger partial charge on any atom is -0.446 e. The third kappa shape index (κ3) is 3.44. The van der Waals surface area contributed by atoms with Crippen molar-refractivity contribution >= 4 is 46.7 Å². The number of hydrogen-bond acceptors (Lipinski definition) is 4. The number of anilines is 2. The number of carbonyl (C=O) groups excluding carboxylic acids is 2. The van der Waals surface area contributed by atoms with Crippen molar-refractivity contribution in [1.29, 1.82) is 0 Å². The molecule has 0 aromatic heterocycles. The number of amides is 2. The molecular weight excluding hydrogens is 312 g/mol. The lowest BCUT2D eigenvalue weighted by Gasteiger charge is -2.35. The molecule has 0 saturated carbocycles. The first-order valence-electron chi connectivity index (χ1n) is 6.53. The van der Waals surface area contributed by atoms with Crippen LogP contribution in [0.3, 0.4) is 0 Å². The largest absolute Gasteiger partial charge is 0.446 e. The molecule has 114 valence electrons. The van der Waals surface area contributed by atoms with Gasteiger partial charge in [0, 0.05) is 10.8 Å². The normalized spacial score (nSPS) is 17.5. The molecule has 0 spiro atoms. The Bertz CT molecular complexity index is 565. The van der Waals surface area contributed by atoms with Crippen LogP contribution in [0, 0.1) is 0 Å². The molecule has 0 unspecified atom stereocenters. The average molecular weight is 329 g/mol. The Hall–Kier alpha value is -1.40. The van der Waals surface area contributed by atoms with Gasteiger partial charge in [-0.1, -0.05) is 11.6 Å². The van der Waals surface area contributed by atoms with E-state index in [1.54, 1.807) is 32.0 Å². The monoisotopic (exact) mass is 328 g/mol. The van der Waals surface area contributed by atoms with Gasteiger partial charge in [-0.2, -0.15) is 11.8 Å².